The zero-order valence-electron chi connectivity index (χ0n) is 11.8. The van der Waals surface area contributed by atoms with Crippen molar-refractivity contribution in [2.24, 2.45) is 0 Å². The van der Waals surface area contributed by atoms with E-state index in [1.165, 1.54) is 11.8 Å². The highest BCUT2D eigenvalue weighted by Crippen LogP contribution is 2.15. The van der Waals surface area contributed by atoms with Crippen LogP contribution in [0.4, 0.5) is 5.69 Å². The largest absolute Gasteiger partial charge is 0.484 e. The van der Waals surface area contributed by atoms with Crippen LogP contribution in [-0.4, -0.2) is 37.0 Å². The Hall–Kier alpha value is -1.69. The number of carbonyl (C=O) groups excluding carboxylic acids is 2. The fourth-order valence-electron chi connectivity index (χ4n) is 1.43. The second-order valence-corrected chi connectivity index (χ2v) is 5.01. The van der Waals surface area contributed by atoms with Crippen molar-refractivity contribution in [2.45, 2.75) is 13.3 Å². The van der Waals surface area contributed by atoms with Crippen molar-refractivity contribution in [1.29, 1.82) is 0 Å². The van der Waals surface area contributed by atoms with E-state index in [1.807, 2.05) is 13.2 Å². The highest BCUT2D eigenvalue weighted by atomic mass is 32.2. The Morgan fingerprint density at radius 3 is 2.50 bits per heavy atom. The van der Waals surface area contributed by atoms with Crippen molar-refractivity contribution < 1.29 is 14.3 Å². The Morgan fingerprint density at radius 1 is 1.20 bits per heavy atom. The fourth-order valence-corrected chi connectivity index (χ4v) is 1.76. The van der Waals surface area contributed by atoms with Crippen molar-refractivity contribution in [3.63, 3.8) is 0 Å². The van der Waals surface area contributed by atoms with Gasteiger partial charge < -0.3 is 15.4 Å². The van der Waals surface area contributed by atoms with Gasteiger partial charge >= 0.3 is 0 Å². The van der Waals surface area contributed by atoms with E-state index in [0.29, 0.717) is 23.7 Å². The number of hydrogen-bond acceptors (Lipinski definition) is 4. The van der Waals surface area contributed by atoms with Crippen molar-refractivity contribution in [3.05, 3.63) is 24.3 Å². The van der Waals surface area contributed by atoms with Gasteiger partial charge in [0.05, 0.1) is 5.75 Å². The van der Waals surface area contributed by atoms with Gasteiger partial charge in [0.25, 0.3) is 5.91 Å². The summed E-state index contributed by atoms with van der Waals surface area (Å²) in [5.41, 5.74) is 0.715. The summed E-state index contributed by atoms with van der Waals surface area (Å²) in [7, 11) is 0. The van der Waals surface area contributed by atoms with Crippen molar-refractivity contribution in [2.75, 3.05) is 30.5 Å². The number of nitrogens with one attached hydrogen (secondary N) is 2. The van der Waals surface area contributed by atoms with E-state index in [1.54, 1.807) is 24.3 Å². The summed E-state index contributed by atoms with van der Waals surface area (Å²) in [6, 6.07) is 6.94. The van der Waals surface area contributed by atoms with E-state index in [4.69, 9.17) is 4.74 Å². The predicted molar refractivity (Wildman–Crippen MR) is 82.2 cm³/mol. The molecule has 5 nitrogen and oxygen atoms in total. The maximum atomic E-state index is 11.4. The molecule has 2 amide bonds. The van der Waals surface area contributed by atoms with Crippen LogP contribution in [0, 0.1) is 0 Å². The van der Waals surface area contributed by atoms with E-state index in [-0.39, 0.29) is 18.4 Å². The van der Waals surface area contributed by atoms with E-state index in [9.17, 15) is 9.59 Å². The van der Waals surface area contributed by atoms with Crippen LogP contribution < -0.4 is 15.4 Å². The van der Waals surface area contributed by atoms with Gasteiger partial charge in [-0.1, -0.05) is 6.92 Å². The minimum absolute atomic E-state index is 0.00181. The van der Waals surface area contributed by atoms with Gasteiger partial charge in [-0.05, 0) is 36.9 Å². The molecule has 2 N–H and O–H groups in total. The third-order valence-electron chi connectivity index (χ3n) is 2.36. The Bertz CT molecular complexity index is 435. The zero-order valence-corrected chi connectivity index (χ0v) is 12.6. The molecule has 0 aliphatic rings. The number of benzene rings is 1. The van der Waals surface area contributed by atoms with Crippen LogP contribution in [0.15, 0.2) is 24.3 Å². The highest BCUT2D eigenvalue weighted by molar-refractivity contribution is 7.99. The Balaban J connectivity index is 2.38. The van der Waals surface area contributed by atoms with Crippen molar-refractivity contribution in [3.8, 4) is 5.75 Å². The summed E-state index contributed by atoms with van der Waals surface area (Å²) in [5.74, 6) is 0.851. The molecule has 0 unspecified atom stereocenters. The Kier molecular flexibility index (Phi) is 7.57. The SMILES string of the molecule is CCCNC(=O)COc1ccc(NC(=O)CSC)cc1. The summed E-state index contributed by atoms with van der Waals surface area (Å²) in [4.78, 5) is 22.8. The van der Waals surface area contributed by atoms with Gasteiger partial charge in [-0.2, -0.15) is 11.8 Å². The molecule has 0 spiro atoms. The summed E-state index contributed by atoms with van der Waals surface area (Å²) in [6.45, 7) is 2.64. The van der Waals surface area contributed by atoms with Gasteiger partial charge in [0.2, 0.25) is 5.91 Å². The van der Waals surface area contributed by atoms with Gasteiger partial charge in [-0.3, -0.25) is 9.59 Å². The molecule has 110 valence electrons. The maximum Gasteiger partial charge on any atom is 0.257 e. The number of rotatable bonds is 8. The van der Waals surface area contributed by atoms with E-state index < -0.39 is 0 Å². The molecular formula is C14H20N2O3S. The molecule has 0 radical (unpaired) electrons. The molecule has 0 saturated heterocycles. The molecule has 0 bridgehead atoms. The number of amides is 2. The standard InChI is InChI=1S/C14H20N2O3S/c1-3-8-15-13(17)9-19-12-6-4-11(5-7-12)16-14(18)10-20-2/h4-7H,3,8-10H2,1-2H3,(H,15,17)(H,16,18). The third-order valence-corrected chi connectivity index (χ3v) is 2.91. The van der Waals surface area contributed by atoms with Crippen molar-refractivity contribution in [1.82, 2.24) is 5.32 Å². The van der Waals surface area contributed by atoms with Crippen LogP contribution in [0.3, 0.4) is 0 Å². The number of hydrogen-bond donors (Lipinski definition) is 2. The normalized spacial score (nSPS) is 9.90. The number of carbonyl (C=O) groups is 2. The summed E-state index contributed by atoms with van der Waals surface area (Å²) in [6.07, 6.45) is 2.77. The van der Waals surface area contributed by atoms with Gasteiger partial charge in [0.1, 0.15) is 5.75 Å². The van der Waals surface area contributed by atoms with Crippen LogP contribution in [0.5, 0.6) is 5.75 Å². The smallest absolute Gasteiger partial charge is 0.257 e. The summed E-state index contributed by atoms with van der Waals surface area (Å²) < 4.78 is 5.34. The predicted octanol–water partition coefficient (Wildman–Crippen LogP) is 1.89. The summed E-state index contributed by atoms with van der Waals surface area (Å²) in [5, 5.41) is 5.50. The van der Waals surface area contributed by atoms with Crippen LogP contribution >= 0.6 is 11.8 Å². The first kappa shape index (κ1) is 16.4. The molecule has 20 heavy (non-hydrogen) atoms. The number of anilines is 1. The Morgan fingerprint density at radius 2 is 1.90 bits per heavy atom. The monoisotopic (exact) mass is 296 g/mol. The fraction of sp³-hybridized carbons (Fsp3) is 0.429. The van der Waals surface area contributed by atoms with Crippen LogP contribution in [-0.2, 0) is 9.59 Å². The molecule has 0 aromatic heterocycles. The second-order valence-electron chi connectivity index (χ2n) is 4.14. The van der Waals surface area contributed by atoms with Gasteiger partial charge in [-0.15, -0.1) is 0 Å². The van der Waals surface area contributed by atoms with Crippen LogP contribution in [0.2, 0.25) is 0 Å². The lowest BCUT2D eigenvalue weighted by Crippen LogP contribution is -2.29. The average Bonchev–Trinajstić information content (AvgIpc) is 2.44. The van der Waals surface area contributed by atoms with Crippen LogP contribution in [0.25, 0.3) is 0 Å². The van der Waals surface area contributed by atoms with Crippen LogP contribution in [0.1, 0.15) is 13.3 Å². The molecule has 1 aromatic rings. The average molecular weight is 296 g/mol. The van der Waals surface area contributed by atoms with Gasteiger partial charge in [0, 0.05) is 12.2 Å². The first-order valence-corrected chi connectivity index (χ1v) is 7.83. The maximum absolute atomic E-state index is 11.4. The zero-order chi connectivity index (χ0) is 14.8. The molecule has 6 heteroatoms. The summed E-state index contributed by atoms with van der Waals surface area (Å²) >= 11 is 1.47. The first-order valence-electron chi connectivity index (χ1n) is 6.44. The molecule has 0 saturated carbocycles. The van der Waals surface area contributed by atoms with Gasteiger partial charge in [0.15, 0.2) is 6.61 Å². The lowest BCUT2D eigenvalue weighted by atomic mass is 10.3. The lowest BCUT2D eigenvalue weighted by Gasteiger charge is -2.08. The molecular weight excluding hydrogens is 276 g/mol. The molecule has 1 rings (SSSR count). The van der Waals surface area contributed by atoms with Crippen molar-refractivity contribution >= 4 is 29.3 Å². The number of ether oxygens (including phenoxy) is 1. The Labute approximate surface area is 123 Å². The van der Waals surface area contributed by atoms with E-state index >= 15 is 0 Å². The van der Waals surface area contributed by atoms with E-state index in [0.717, 1.165) is 6.42 Å². The third kappa shape index (κ3) is 6.47. The highest BCUT2D eigenvalue weighted by Gasteiger charge is 2.03. The minimum atomic E-state index is -0.135. The van der Waals surface area contributed by atoms with E-state index in [2.05, 4.69) is 10.6 Å². The molecule has 0 atom stereocenters. The molecule has 0 aliphatic carbocycles. The topological polar surface area (TPSA) is 67.4 Å². The lowest BCUT2D eigenvalue weighted by molar-refractivity contribution is -0.123. The number of thioether (sulfide) groups is 1. The second kappa shape index (κ2) is 9.25. The molecule has 0 heterocycles. The molecule has 0 fully saturated rings. The molecule has 1 aromatic carbocycles. The van der Waals surface area contributed by atoms with Gasteiger partial charge in [-0.25, -0.2) is 0 Å². The molecule has 0 aliphatic heterocycles. The first-order chi connectivity index (χ1) is 9.65. The minimum Gasteiger partial charge on any atom is -0.484 e. The quantitative estimate of drug-likeness (QED) is 0.769.